The highest BCUT2D eigenvalue weighted by molar-refractivity contribution is 6.78. The quantitative estimate of drug-likeness (QED) is 0.707. The molecule has 1 heterocycles. The Morgan fingerprint density at radius 3 is 1.94 bits per heavy atom. The van der Waals surface area contributed by atoms with E-state index in [1.165, 1.54) is 29.2 Å². The minimum Gasteiger partial charge on any atom is -0.401 e. The fraction of sp³-hybridized carbons (Fsp3) is 0.615. The van der Waals surface area contributed by atoms with Crippen LogP contribution in [0.15, 0.2) is 0 Å². The summed E-state index contributed by atoms with van der Waals surface area (Å²) >= 11 is 0. The SMILES string of the molecule is C[C]1[C](C)[C](C)[C]([Si]2(C)NC(C)CO2)[C]1C. The van der Waals surface area contributed by atoms with Gasteiger partial charge in [-0.25, -0.2) is 0 Å². The molecular weight excluding hydrogens is 214 g/mol. The number of hydrogen-bond acceptors (Lipinski definition) is 2. The van der Waals surface area contributed by atoms with Crippen molar-refractivity contribution in [1.29, 1.82) is 0 Å². The molecule has 1 saturated carbocycles. The Hall–Kier alpha value is 0.137. The Labute approximate surface area is 101 Å². The lowest BCUT2D eigenvalue weighted by molar-refractivity contribution is 0.335. The van der Waals surface area contributed by atoms with Crippen LogP contribution in [-0.2, 0) is 4.43 Å². The van der Waals surface area contributed by atoms with Gasteiger partial charge in [0.25, 0.3) is 8.48 Å². The van der Waals surface area contributed by atoms with E-state index < -0.39 is 8.48 Å². The predicted octanol–water partition coefficient (Wildman–Crippen LogP) is 2.57. The summed E-state index contributed by atoms with van der Waals surface area (Å²) in [6.07, 6.45) is 0. The average molecular weight is 236 g/mol. The normalized spacial score (nSPS) is 41.2. The van der Waals surface area contributed by atoms with Crippen LogP contribution in [0.1, 0.15) is 34.6 Å². The van der Waals surface area contributed by atoms with Crippen LogP contribution in [0.25, 0.3) is 0 Å². The number of rotatable bonds is 1. The maximum absolute atomic E-state index is 6.10. The summed E-state index contributed by atoms with van der Waals surface area (Å²) in [5.74, 6) is 5.74. The van der Waals surface area contributed by atoms with Gasteiger partial charge in [0, 0.05) is 18.2 Å². The number of nitrogens with one attached hydrogen (secondary N) is 1. The molecule has 1 aliphatic carbocycles. The Kier molecular flexibility index (Phi) is 3.23. The highest BCUT2D eigenvalue weighted by atomic mass is 28.4. The van der Waals surface area contributed by atoms with Gasteiger partial charge in [-0.05, 0) is 37.1 Å². The molecule has 2 atom stereocenters. The predicted molar refractivity (Wildman–Crippen MR) is 69.1 cm³/mol. The van der Waals surface area contributed by atoms with Crippen LogP contribution in [0.4, 0.5) is 0 Å². The van der Waals surface area contributed by atoms with E-state index in [0.717, 1.165) is 6.61 Å². The molecule has 2 aliphatic rings. The zero-order chi connectivity index (χ0) is 12.1. The third-order valence-corrected chi connectivity index (χ3v) is 7.55. The molecule has 1 saturated heterocycles. The molecule has 3 heteroatoms. The van der Waals surface area contributed by atoms with Crippen molar-refractivity contribution in [1.82, 2.24) is 4.98 Å². The molecule has 89 valence electrons. The van der Waals surface area contributed by atoms with E-state index in [0.29, 0.717) is 6.04 Å². The van der Waals surface area contributed by atoms with Gasteiger partial charge in [-0.1, -0.05) is 27.7 Å². The average Bonchev–Trinajstić information content (AvgIpc) is 2.64. The molecule has 0 aromatic rings. The van der Waals surface area contributed by atoms with Crippen molar-refractivity contribution in [3.63, 3.8) is 0 Å². The first-order chi connectivity index (χ1) is 7.37. The van der Waals surface area contributed by atoms with Crippen LogP contribution in [0.5, 0.6) is 0 Å². The van der Waals surface area contributed by atoms with Crippen LogP contribution in [0.3, 0.4) is 0 Å². The van der Waals surface area contributed by atoms with Crippen molar-refractivity contribution in [2.45, 2.75) is 47.2 Å². The van der Waals surface area contributed by atoms with Crippen LogP contribution in [-0.4, -0.2) is 21.1 Å². The molecule has 2 nitrogen and oxygen atoms in total. The molecule has 0 bridgehead atoms. The van der Waals surface area contributed by atoms with Gasteiger partial charge < -0.3 is 9.41 Å². The van der Waals surface area contributed by atoms with E-state index in [9.17, 15) is 0 Å². The van der Waals surface area contributed by atoms with Gasteiger partial charge in [0.2, 0.25) is 0 Å². The van der Waals surface area contributed by atoms with E-state index in [-0.39, 0.29) is 0 Å². The second-order valence-electron chi connectivity index (χ2n) is 5.26. The van der Waals surface area contributed by atoms with Gasteiger partial charge in [-0.3, -0.25) is 0 Å². The maximum atomic E-state index is 6.10. The minimum atomic E-state index is -1.88. The summed E-state index contributed by atoms with van der Waals surface area (Å²) in [5, 5.41) is 0. The molecule has 1 N–H and O–H groups in total. The van der Waals surface area contributed by atoms with Crippen LogP contribution < -0.4 is 4.98 Å². The minimum absolute atomic E-state index is 0.492. The Bertz CT molecular complexity index is 259. The van der Waals surface area contributed by atoms with Crippen molar-refractivity contribution < 1.29 is 4.43 Å². The van der Waals surface area contributed by atoms with Crippen molar-refractivity contribution in [2.75, 3.05) is 6.61 Å². The lowest BCUT2D eigenvalue weighted by atomic mass is 9.92. The molecule has 1 aliphatic heterocycles. The highest BCUT2D eigenvalue weighted by Gasteiger charge is 2.56. The monoisotopic (exact) mass is 236 g/mol. The standard InChI is InChI=1S/C13H22NOSi/c1-8-7-15-16(6,14-8)13-11(4)9(2)10(3)12(13)5/h8,14H,7H2,1-6H3. The topological polar surface area (TPSA) is 21.3 Å². The Balaban J connectivity index is 2.21. The molecule has 2 rings (SSSR count). The first-order valence-electron chi connectivity index (χ1n) is 6.02. The highest BCUT2D eigenvalue weighted by Crippen LogP contribution is 2.55. The summed E-state index contributed by atoms with van der Waals surface area (Å²) in [7, 11) is -1.88. The summed E-state index contributed by atoms with van der Waals surface area (Å²) in [6.45, 7) is 14.2. The summed E-state index contributed by atoms with van der Waals surface area (Å²) in [5.41, 5.74) is 1.48. The lowest BCUT2D eigenvalue weighted by Gasteiger charge is -2.33. The first-order valence-corrected chi connectivity index (χ1v) is 8.43. The summed E-state index contributed by atoms with van der Waals surface area (Å²) in [6, 6.07) is 0.492. The maximum Gasteiger partial charge on any atom is 0.273 e. The molecular formula is C13H22NOSi. The largest absolute Gasteiger partial charge is 0.401 e. The second kappa shape index (κ2) is 4.11. The second-order valence-corrected chi connectivity index (χ2v) is 8.41. The van der Waals surface area contributed by atoms with Crippen LogP contribution >= 0.6 is 0 Å². The molecule has 0 spiro atoms. The van der Waals surface area contributed by atoms with E-state index in [2.05, 4.69) is 46.1 Å². The van der Waals surface area contributed by atoms with E-state index >= 15 is 0 Å². The van der Waals surface area contributed by atoms with E-state index in [1.54, 1.807) is 0 Å². The first kappa shape index (κ1) is 12.6. The van der Waals surface area contributed by atoms with Gasteiger partial charge in [-0.2, -0.15) is 0 Å². The molecule has 0 aromatic heterocycles. The lowest BCUT2D eigenvalue weighted by Crippen LogP contribution is -2.54. The fourth-order valence-corrected chi connectivity index (χ4v) is 6.71. The Morgan fingerprint density at radius 1 is 1.06 bits per heavy atom. The Morgan fingerprint density at radius 2 is 1.56 bits per heavy atom. The molecule has 2 unspecified atom stereocenters. The van der Waals surface area contributed by atoms with Crippen LogP contribution in [0.2, 0.25) is 6.55 Å². The molecule has 0 amide bonds. The van der Waals surface area contributed by atoms with Crippen LogP contribution in [0, 0.1) is 29.2 Å². The molecule has 16 heavy (non-hydrogen) atoms. The van der Waals surface area contributed by atoms with Crippen molar-refractivity contribution in [2.24, 2.45) is 0 Å². The molecule has 0 aromatic carbocycles. The number of hydrogen-bond donors (Lipinski definition) is 1. The smallest absolute Gasteiger partial charge is 0.273 e. The fourth-order valence-electron chi connectivity index (χ4n) is 2.92. The van der Waals surface area contributed by atoms with E-state index in [4.69, 9.17) is 4.43 Å². The zero-order valence-corrected chi connectivity index (χ0v) is 12.2. The van der Waals surface area contributed by atoms with Gasteiger partial charge in [0.1, 0.15) is 0 Å². The zero-order valence-electron chi connectivity index (χ0n) is 11.2. The van der Waals surface area contributed by atoms with E-state index in [1.807, 2.05) is 0 Å². The van der Waals surface area contributed by atoms with Gasteiger partial charge >= 0.3 is 0 Å². The molecule has 5 radical (unpaired) electrons. The van der Waals surface area contributed by atoms with Gasteiger partial charge in [0.05, 0.1) is 0 Å². The van der Waals surface area contributed by atoms with Crippen molar-refractivity contribution in [3.8, 4) is 0 Å². The summed E-state index contributed by atoms with van der Waals surface area (Å²) < 4.78 is 6.10. The van der Waals surface area contributed by atoms with Gasteiger partial charge in [-0.15, -0.1) is 0 Å². The molecule has 2 fully saturated rings. The third kappa shape index (κ3) is 1.77. The van der Waals surface area contributed by atoms with Crippen molar-refractivity contribution in [3.05, 3.63) is 29.2 Å². The van der Waals surface area contributed by atoms with Gasteiger partial charge in [0.15, 0.2) is 0 Å². The third-order valence-electron chi connectivity index (χ3n) is 4.06. The van der Waals surface area contributed by atoms with Crippen molar-refractivity contribution >= 4 is 8.48 Å². The summed E-state index contributed by atoms with van der Waals surface area (Å²) in [4.78, 5) is 3.69.